The van der Waals surface area contributed by atoms with Gasteiger partial charge in [0, 0.05) is 5.56 Å². The number of ketones is 1. The molecule has 0 heterocycles. The van der Waals surface area contributed by atoms with Crippen LogP contribution in [-0.4, -0.2) is 34.2 Å². The predicted molar refractivity (Wildman–Crippen MR) is 100 cm³/mol. The first-order valence-corrected chi connectivity index (χ1v) is 8.19. The SMILES string of the molecule is COc1ccc(C(=O)/C=C/c2cc(OC)c(OC)c(OC)c2)cc1Br. The van der Waals surface area contributed by atoms with Crippen LogP contribution in [0.5, 0.6) is 23.0 Å². The number of allylic oxidation sites excluding steroid dienone is 1. The fourth-order valence-electron chi connectivity index (χ4n) is 2.29. The molecule has 2 aromatic rings. The molecule has 0 N–H and O–H groups in total. The third-order valence-corrected chi connectivity index (χ3v) is 4.17. The number of carbonyl (C=O) groups excluding carboxylic acids is 1. The Morgan fingerprint density at radius 1 is 0.880 bits per heavy atom. The van der Waals surface area contributed by atoms with Crippen LogP contribution in [0.1, 0.15) is 15.9 Å². The van der Waals surface area contributed by atoms with Crippen molar-refractivity contribution >= 4 is 27.8 Å². The van der Waals surface area contributed by atoms with E-state index in [0.29, 0.717) is 28.6 Å². The van der Waals surface area contributed by atoms with E-state index in [9.17, 15) is 4.79 Å². The highest BCUT2D eigenvalue weighted by Crippen LogP contribution is 2.38. The van der Waals surface area contributed by atoms with E-state index in [1.54, 1.807) is 64.8 Å². The van der Waals surface area contributed by atoms with Gasteiger partial charge in [-0.3, -0.25) is 4.79 Å². The highest BCUT2D eigenvalue weighted by molar-refractivity contribution is 9.10. The lowest BCUT2D eigenvalue weighted by Gasteiger charge is -2.12. The van der Waals surface area contributed by atoms with Crippen LogP contribution in [0.2, 0.25) is 0 Å². The van der Waals surface area contributed by atoms with Crippen LogP contribution < -0.4 is 18.9 Å². The van der Waals surface area contributed by atoms with E-state index in [-0.39, 0.29) is 5.78 Å². The largest absolute Gasteiger partial charge is 0.496 e. The number of hydrogen-bond donors (Lipinski definition) is 0. The molecule has 2 rings (SSSR count). The Morgan fingerprint density at radius 2 is 1.48 bits per heavy atom. The molecule has 5 nitrogen and oxygen atoms in total. The normalized spacial score (nSPS) is 10.6. The van der Waals surface area contributed by atoms with Gasteiger partial charge in [0.25, 0.3) is 0 Å². The molecule has 0 fully saturated rings. The third-order valence-electron chi connectivity index (χ3n) is 3.55. The van der Waals surface area contributed by atoms with Crippen molar-refractivity contribution in [1.82, 2.24) is 0 Å². The lowest BCUT2D eigenvalue weighted by atomic mass is 10.1. The van der Waals surface area contributed by atoms with Gasteiger partial charge in [0.05, 0.1) is 32.9 Å². The number of carbonyl (C=O) groups is 1. The highest BCUT2D eigenvalue weighted by Gasteiger charge is 2.12. The second-order valence-corrected chi connectivity index (χ2v) is 5.86. The molecule has 0 aliphatic rings. The van der Waals surface area contributed by atoms with Crippen molar-refractivity contribution in [3.05, 3.63) is 52.0 Å². The molecular weight excluding hydrogens is 388 g/mol. The van der Waals surface area contributed by atoms with E-state index in [1.165, 1.54) is 6.08 Å². The summed E-state index contributed by atoms with van der Waals surface area (Å²) in [4.78, 5) is 12.4. The summed E-state index contributed by atoms with van der Waals surface area (Å²) in [5, 5.41) is 0. The van der Waals surface area contributed by atoms with Gasteiger partial charge in [-0.2, -0.15) is 0 Å². The smallest absolute Gasteiger partial charge is 0.203 e. The zero-order valence-corrected chi connectivity index (χ0v) is 16.0. The molecule has 0 aliphatic carbocycles. The van der Waals surface area contributed by atoms with Gasteiger partial charge in [0.1, 0.15) is 5.75 Å². The third kappa shape index (κ3) is 4.33. The molecule has 0 spiro atoms. The minimum absolute atomic E-state index is 0.128. The predicted octanol–water partition coefficient (Wildman–Crippen LogP) is 4.38. The van der Waals surface area contributed by atoms with Crippen LogP contribution in [0, 0.1) is 0 Å². The van der Waals surface area contributed by atoms with Crippen molar-refractivity contribution in [3.63, 3.8) is 0 Å². The van der Waals surface area contributed by atoms with Crippen LogP contribution >= 0.6 is 15.9 Å². The van der Waals surface area contributed by atoms with Crippen molar-refractivity contribution in [1.29, 1.82) is 0 Å². The van der Waals surface area contributed by atoms with Crippen LogP contribution in [0.15, 0.2) is 40.9 Å². The van der Waals surface area contributed by atoms with Crippen molar-refractivity contribution < 1.29 is 23.7 Å². The maximum atomic E-state index is 12.4. The molecule has 0 unspecified atom stereocenters. The fourth-order valence-corrected chi connectivity index (χ4v) is 2.83. The van der Waals surface area contributed by atoms with Gasteiger partial charge in [-0.15, -0.1) is 0 Å². The molecule has 2 aromatic carbocycles. The minimum atomic E-state index is -0.128. The van der Waals surface area contributed by atoms with E-state index in [2.05, 4.69) is 15.9 Å². The van der Waals surface area contributed by atoms with Crippen LogP contribution in [0.3, 0.4) is 0 Å². The molecule has 0 saturated carbocycles. The molecule has 0 aliphatic heterocycles. The number of methoxy groups -OCH3 is 4. The number of hydrogen-bond acceptors (Lipinski definition) is 5. The quantitative estimate of drug-likeness (QED) is 0.504. The molecule has 0 atom stereocenters. The van der Waals surface area contributed by atoms with Crippen molar-refractivity contribution in [2.24, 2.45) is 0 Å². The standard InChI is InChI=1S/C19H19BrO5/c1-22-16-8-6-13(11-14(16)20)15(21)7-5-12-9-17(23-2)19(25-4)18(10-12)24-3/h5-11H,1-4H3/b7-5+. The first kappa shape index (κ1) is 18.9. The second-order valence-electron chi connectivity index (χ2n) is 5.01. The van der Waals surface area contributed by atoms with E-state index in [0.717, 1.165) is 10.0 Å². The van der Waals surface area contributed by atoms with Crippen LogP contribution in [0.25, 0.3) is 6.08 Å². The molecule has 0 saturated heterocycles. The second kappa shape index (κ2) is 8.58. The molecule has 0 radical (unpaired) electrons. The van der Waals surface area contributed by atoms with Gasteiger partial charge in [0.2, 0.25) is 5.75 Å². The highest BCUT2D eigenvalue weighted by atomic mass is 79.9. The summed E-state index contributed by atoms with van der Waals surface area (Å²) in [5.41, 5.74) is 1.31. The van der Waals surface area contributed by atoms with Crippen molar-refractivity contribution in [2.75, 3.05) is 28.4 Å². The zero-order chi connectivity index (χ0) is 18.4. The van der Waals surface area contributed by atoms with Crippen molar-refractivity contribution in [3.8, 4) is 23.0 Å². The lowest BCUT2D eigenvalue weighted by molar-refractivity contribution is 0.104. The summed E-state index contributed by atoms with van der Waals surface area (Å²) in [7, 11) is 6.21. The number of rotatable bonds is 7. The number of halogens is 1. The molecule has 0 amide bonds. The summed E-state index contributed by atoms with van der Waals surface area (Å²) >= 11 is 3.38. The summed E-state index contributed by atoms with van der Waals surface area (Å²) < 4.78 is 21.8. The summed E-state index contributed by atoms with van der Waals surface area (Å²) in [6, 6.07) is 8.72. The first-order chi connectivity index (χ1) is 12.0. The Bertz CT molecular complexity index is 773. The van der Waals surface area contributed by atoms with E-state index in [1.807, 2.05) is 0 Å². The van der Waals surface area contributed by atoms with Gasteiger partial charge in [-0.1, -0.05) is 6.08 Å². The molecule has 0 bridgehead atoms. The van der Waals surface area contributed by atoms with Gasteiger partial charge < -0.3 is 18.9 Å². The number of ether oxygens (including phenoxy) is 4. The summed E-state index contributed by atoms with van der Waals surface area (Å²) in [5.74, 6) is 2.11. The Kier molecular flexibility index (Phi) is 6.47. The lowest BCUT2D eigenvalue weighted by Crippen LogP contribution is -1.97. The van der Waals surface area contributed by atoms with E-state index >= 15 is 0 Å². The maximum absolute atomic E-state index is 12.4. The van der Waals surface area contributed by atoms with E-state index in [4.69, 9.17) is 18.9 Å². The Labute approximate surface area is 155 Å². The number of benzene rings is 2. The van der Waals surface area contributed by atoms with Gasteiger partial charge in [0.15, 0.2) is 17.3 Å². The van der Waals surface area contributed by atoms with Crippen LogP contribution in [-0.2, 0) is 0 Å². The fraction of sp³-hybridized carbons (Fsp3) is 0.211. The van der Waals surface area contributed by atoms with Gasteiger partial charge >= 0.3 is 0 Å². The molecule has 0 aromatic heterocycles. The Hall–Kier alpha value is -2.47. The summed E-state index contributed by atoms with van der Waals surface area (Å²) in [6.07, 6.45) is 3.19. The topological polar surface area (TPSA) is 54.0 Å². The average molecular weight is 407 g/mol. The Balaban J connectivity index is 2.29. The van der Waals surface area contributed by atoms with Gasteiger partial charge in [-0.25, -0.2) is 0 Å². The van der Waals surface area contributed by atoms with Crippen LogP contribution in [0.4, 0.5) is 0 Å². The minimum Gasteiger partial charge on any atom is -0.496 e. The zero-order valence-electron chi connectivity index (χ0n) is 14.5. The average Bonchev–Trinajstić information content (AvgIpc) is 2.64. The summed E-state index contributed by atoms with van der Waals surface area (Å²) in [6.45, 7) is 0. The monoisotopic (exact) mass is 406 g/mol. The Morgan fingerprint density at radius 3 is 1.96 bits per heavy atom. The molecule has 132 valence electrons. The maximum Gasteiger partial charge on any atom is 0.203 e. The van der Waals surface area contributed by atoms with E-state index < -0.39 is 0 Å². The first-order valence-electron chi connectivity index (χ1n) is 7.40. The molecule has 25 heavy (non-hydrogen) atoms. The van der Waals surface area contributed by atoms with Crippen molar-refractivity contribution in [2.45, 2.75) is 0 Å². The molecular formula is C19H19BrO5. The van der Waals surface area contributed by atoms with Gasteiger partial charge in [-0.05, 0) is 57.9 Å². The molecule has 6 heteroatoms.